The third-order valence-corrected chi connectivity index (χ3v) is 4.73. The SMILES string of the molecule is Cc1ccc2c(=Nc3ccccc3)cc(-c3ccc4c(c3)OCCO4)oc2c1. The molecule has 4 heteroatoms. The van der Waals surface area contributed by atoms with Gasteiger partial charge in [-0.25, -0.2) is 4.99 Å². The second kappa shape index (κ2) is 6.89. The summed E-state index contributed by atoms with van der Waals surface area (Å²) in [5.74, 6) is 2.25. The van der Waals surface area contributed by atoms with Crippen molar-refractivity contribution in [2.45, 2.75) is 6.92 Å². The fourth-order valence-corrected chi connectivity index (χ4v) is 3.35. The molecule has 1 aromatic heterocycles. The minimum atomic E-state index is 0.555. The van der Waals surface area contributed by atoms with Gasteiger partial charge in [-0.05, 0) is 55.0 Å². The molecule has 0 unspecified atom stereocenters. The highest BCUT2D eigenvalue weighted by Crippen LogP contribution is 2.35. The molecule has 0 atom stereocenters. The molecule has 5 rings (SSSR count). The lowest BCUT2D eigenvalue weighted by atomic mass is 10.1. The van der Waals surface area contributed by atoms with Crippen LogP contribution in [0.3, 0.4) is 0 Å². The van der Waals surface area contributed by atoms with Crippen LogP contribution in [0.1, 0.15) is 5.56 Å². The molecule has 0 amide bonds. The molecule has 0 spiro atoms. The normalized spacial score (nSPS) is 13.7. The fraction of sp³-hybridized carbons (Fsp3) is 0.125. The number of fused-ring (bicyclic) bond motifs is 2. The number of aryl methyl sites for hydroxylation is 1. The van der Waals surface area contributed by atoms with E-state index < -0.39 is 0 Å². The van der Waals surface area contributed by atoms with E-state index >= 15 is 0 Å². The quantitative estimate of drug-likeness (QED) is 0.474. The van der Waals surface area contributed by atoms with Gasteiger partial charge in [0.1, 0.15) is 24.6 Å². The number of para-hydroxylation sites is 1. The molecule has 0 saturated heterocycles. The maximum atomic E-state index is 6.24. The molecule has 0 radical (unpaired) electrons. The topological polar surface area (TPSA) is 44.0 Å². The zero-order valence-electron chi connectivity index (χ0n) is 15.5. The zero-order chi connectivity index (χ0) is 18.9. The van der Waals surface area contributed by atoms with Crippen LogP contribution in [0.5, 0.6) is 11.5 Å². The summed E-state index contributed by atoms with van der Waals surface area (Å²) >= 11 is 0. The molecule has 0 bridgehead atoms. The Bertz CT molecular complexity index is 1230. The van der Waals surface area contributed by atoms with Crippen molar-refractivity contribution in [1.29, 1.82) is 0 Å². The van der Waals surface area contributed by atoms with Crippen LogP contribution in [-0.4, -0.2) is 13.2 Å². The molecule has 2 heterocycles. The Morgan fingerprint density at radius 1 is 0.786 bits per heavy atom. The highest BCUT2D eigenvalue weighted by Gasteiger charge is 2.14. The molecule has 1 aliphatic rings. The van der Waals surface area contributed by atoms with Crippen molar-refractivity contribution in [3.05, 3.63) is 83.7 Å². The summed E-state index contributed by atoms with van der Waals surface area (Å²) < 4.78 is 17.6. The van der Waals surface area contributed by atoms with E-state index in [1.165, 1.54) is 0 Å². The van der Waals surface area contributed by atoms with Gasteiger partial charge in [-0.1, -0.05) is 24.3 Å². The Labute approximate surface area is 162 Å². The lowest BCUT2D eigenvalue weighted by molar-refractivity contribution is 0.171. The summed E-state index contributed by atoms with van der Waals surface area (Å²) in [6, 6.07) is 24.0. The second-order valence-electron chi connectivity index (χ2n) is 6.80. The first kappa shape index (κ1) is 16.6. The predicted molar refractivity (Wildman–Crippen MR) is 109 cm³/mol. The standard InChI is InChI=1S/C24H19NO3/c1-16-7-9-19-20(25-18-5-3-2-4-6-18)15-22(28-23(19)13-16)17-8-10-21-24(14-17)27-12-11-26-21/h2-10,13-15H,11-12H2,1H3. The van der Waals surface area contributed by atoms with Crippen LogP contribution in [-0.2, 0) is 0 Å². The smallest absolute Gasteiger partial charge is 0.162 e. The van der Waals surface area contributed by atoms with Gasteiger partial charge in [0.05, 0.1) is 11.0 Å². The lowest BCUT2D eigenvalue weighted by Crippen LogP contribution is -2.15. The van der Waals surface area contributed by atoms with E-state index in [0.29, 0.717) is 13.2 Å². The molecule has 0 N–H and O–H groups in total. The van der Waals surface area contributed by atoms with Crippen LogP contribution in [0.4, 0.5) is 5.69 Å². The summed E-state index contributed by atoms with van der Waals surface area (Å²) in [5, 5.41) is 1.85. The lowest BCUT2D eigenvalue weighted by Gasteiger charge is -2.18. The van der Waals surface area contributed by atoms with Crippen LogP contribution >= 0.6 is 0 Å². The minimum Gasteiger partial charge on any atom is -0.486 e. The van der Waals surface area contributed by atoms with Gasteiger partial charge in [0, 0.05) is 17.0 Å². The van der Waals surface area contributed by atoms with Gasteiger partial charge in [-0.3, -0.25) is 0 Å². The zero-order valence-corrected chi connectivity index (χ0v) is 15.5. The van der Waals surface area contributed by atoms with Crippen LogP contribution < -0.4 is 14.8 Å². The summed E-state index contributed by atoms with van der Waals surface area (Å²) in [6.07, 6.45) is 0. The monoisotopic (exact) mass is 369 g/mol. The van der Waals surface area contributed by atoms with Crippen molar-refractivity contribution in [2.75, 3.05) is 13.2 Å². The molecule has 0 saturated carbocycles. The van der Waals surface area contributed by atoms with Crippen LogP contribution in [0.2, 0.25) is 0 Å². The van der Waals surface area contributed by atoms with Crippen molar-refractivity contribution in [3.8, 4) is 22.8 Å². The van der Waals surface area contributed by atoms with Crippen molar-refractivity contribution >= 4 is 16.7 Å². The van der Waals surface area contributed by atoms with Crippen molar-refractivity contribution in [3.63, 3.8) is 0 Å². The van der Waals surface area contributed by atoms with E-state index in [1.807, 2.05) is 60.7 Å². The average Bonchev–Trinajstić information content (AvgIpc) is 2.73. The maximum absolute atomic E-state index is 6.24. The fourth-order valence-electron chi connectivity index (χ4n) is 3.35. The maximum Gasteiger partial charge on any atom is 0.162 e. The summed E-state index contributed by atoms with van der Waals surface area (Å²) in [6.45, 7) is 3.19. The number of ether oxygens (including phenoxy) is 2. The molecule has 0 fully saturated rings. The highest BCUT2D eigenvalue weighted by atomic mass is 16.6. The van der Waals surface area contributed by atoms with Crippen molar-refractivity contribution in [2.24, 2.45) is 4.99 Å². The number of rotatable bonds is 2. The number of hydrogen-bond acceptors (Lipinski definition) is 4. The van der Waals surface area contributed by atoms with Gasteiger partial charge in [-0.15, -0.1) is 0 Å². The molecule has 3 aromatic carbocycles. The summed E-state index contributed by atoms with van der Waals surface area (Å²) in [5.41, 5.74) is 3.78. The first-order valence-electron chi connectivity index (χ1n) is 9.31. The first-order chi connectivity index (χ1) is 13.8. The average molecular weight is 369 g/mol. The summed E-state index contributed by atoms with van der Waals surface area (Å²) in [4.78, 5) is 4.86. The Balaban J connectivity index is 1.73. The largest absolute Gasteiger partial charge is 0.486 e. The Hall–Kier alpha value is -3.53. The van der Waals surface area contributed by atoms with E-state index in [2.05, 4.69) is 19.1 Å². The van der Waals surface area contributed by atoms with E-state index in [1.54, 1.807) is 0 Å². The van der Waals surface area contributed by atoms with Crippen LogP contribution in [0.25, 0.3) is 22.3 Å². The van der Waals surface area contributed by atoms with Crippen molar-refractivity contribution in [1.82, 2.24) is 0 Å². The molecule has 28 heavy (non-hydrogen) atoms. The molecular formula is C24H19NO3. The van der Waals surface area contributed by atoms with Crippen LogP contribution in [0, 0.1) is 6.92 Å². The van der Waals surface area contributed by atoms with Gasteiger partial charge in [0.2, 0.25) is 0 Å². The highest BCUT2D eigenvalue weighted by molar-refractivity contribution is 5.79. The number of benzene rings is 3. The molecule has 138 valence electrons. The van der Waals surface area contributed by atoms with Gasteiger partial charge in [0.15, 0.2) is 11.5 Å². The number of nitrogens with zero attached hydrogens (tertiary/aromatic N) is 1. The van der Waals surface area contributed by atoms with E-state index in [9.17, 15) is 0 Å². The Morgan fingerprint density at radius 2 is 1.61 bits per heavy atom. The van der Waals surface area contributed by atoms with Gasteiger partial charge >= 0.3 is 0 Å². The first-order valence-corrected chi connectivity index (χ1v) is 9.31. The Morgan fingerprint density at radius 3 is 2.46 bits per heavy atom. The van der Waals surface area contributed by atoms with E-state index in [0.717, 1.165) is 50.4 Å². The second-order valence-corrected chi connectivity index (χ2v) is 6.80. The van der Waals surface area contributed by atoms with Crippen LogP contribution in [0.15, 0.2) is 82.2 Å². The van der Waals surface area contributed by atoms with Crippen molar-refractivity contribution < 1.29 is 13.9 Å². The van der Waals surface area contributed by atoms with Gasteiger partial charge < -0.3 is 13.9 Å². The molecular weight excluding hydrogens is 350 g/mol. The molecule has 4 nitrogen and oxygen atoms in total. The van der Waals surface area contributed by atoms with Gasteiger partial charge in [-0.2, -0.15) is 0 Å². The molecule has 1 aliphatic heterocycles. The van der Waals surface area contributed by atoms with E-state index in [4.69, 9.17) is 18.9 Å². The molecule has 4 aromatic rings. The summed E-state index contributed by atoms with van der Waals surface area (Å²) in [7, 11) is 0. The van der Waals surface area contributed by atoms with E-state index in [-0.39, 0.29) is 0 Å². The predicted octanol–water partition coefficient (Wildman–Crippen LogP) is 5.41. The third kappa shape index (κ3) is 3.14. The van der Waals surface area contributed by atoms with Gasteiger partial charge in [0.25, 0.3) is 0 Å². The Kier molecular flexibility index (Phi) is 4.09. The minimum absolute atomic E-state index is 0.555. The third-order valence-electron chi connectivity index (χ3n) is 4.73. The number of hydrogen-bond donors (Lipinski definition) is 0. The molecule has 0 aliphatic carbocycles.